The van der Waals surface area contributed by atoms with Gasteiger partial charge in [-0.3, -0.25) is 9.59 Å². The Hall–Kier alpha value is -2.24. The van der Waals surface area contributed by atoms with Gasteiger partial charge >= 0.3 is 0 Å². The monoisotopic (exact) mass is 541 g/mol. The van der Waals surface area contributed by atoms with Gasteiger partial charge in [0.25, 0.3) is 5.91 Å². The van der Waals surface area contributed by atoms with Crippen LogP contribution in [0.1, 0.15) is 60.9 Å². The summed E-state index contributed by atoms with van der Waals surface area (Å²) in [6.07, 6.45) is 7.51. The van der Waals surface area contributed by atoms with Gasteiger partial charge in [-0.25, -0.2) is 0 Å². The van der Waals surface area contributed by atoms with Crippen LogP contribution in [0.5, 0.6) is 0 Å². The van der Waals surface area contributed by atoms with Gasteiger partial charge in [0.05, 0.1) is 16.0 Å². The van der Waals surface area contributed by atoms with E-state index in [4.69, 9.17) is 23.2 Å². The van der Waals surface area contributed by atoms with Gasteiger partial charge < -0.3 is 14.7 Å². The molecule has 2 amide bonds. The molecule has 0 aromatic heterocycles. The van der Waals surface area contributed by atoms with Crippen LogP contribution in [0.3, 0.4) is 0 Å². The average molecular weight is 543 g/mol. The second-order valence-corrected chi connectivity index (χ2v) is 12.1. The molecule has 0 atom stereocenters. The van der Waals surface area contributed by atoms with E-state index in [9.17, 15) is 9.59 Å². The van der Waals surface area contributed by atoms with Crippen LogP contribution in [0.15, 0.2) is 42.5 Å². The van der Waals surface area contributed by atoms with Crippen molar-refractivity contribution in [2.75, 3.05) is 45.2 Å². The first-order chi connectivity index (χ1) is 17.8. The molecule has 0 N–H and O–H groups in total. The molecule has 2 heterocycles. The van der Waals surface area contributed by atoms with Gasteiger partial charge in [0, 0.05) is 51.0 Å². The van der Waals surface area contributed by atoms with Crippen LogP contribution >= 0.6 is 23.2 Å². The summed E-state index contributed by atoms with van der Waals surface area (Å²) in [7, 11) is 3.48. The zero-order valence-electron chi connectivity index (χ0n) is 21.9. The van der Waals surface area contributed by atoms with Crippen LogP contribution in [-0.2, 0) is 10.2 Å². The van der Waals surface area contributed by atoms with Crippen molar-refractivity contribution >= 4 is 40.7 Å². The molecule has 37 heavy (non-hydrogen) atoms. The maximum atomic E-state index is 13.7. The lowest BCUT2D eigenvalue weighted by Crippen LogP contribution is -2.53. The van der Waals surface area contributed by atoms with Gasteiger partial charge in [0.15, 0.2) is 0 Å². The van der Waals surface area contributed by atoms with Crippen molar-refractivity contribution in [3.8, 4) is 0 Å². The van der Waals surface area contributed by atoms with Crippen molar-refractivity contribution in [1.29, 1.82) is 0 Å². The number of amides is 2. The third-order valence-corrected chi connectivity index (χ3v) is 9.57. The van der Waals surface area contributed by atoms with Crippen LogP contribution in [0.25, 0.3) is 0 Å². The van der Waals surface area contributed by atoms with E-state index in [2.05, 4.69) is 9.80 Å². The highest BCUT2D eigenvalue weighted by Gasteiger charge is 2.48. The maximum Gasteiger partial charge on any atom is 0.254 e. The zero-order chi connectivity index (χ0) is 26.2. The molecule has 0 bridgehead atoms. The molecule has 3 aliphatic rings. The van der Waals surface area contributed by atoms with Crippen molar-refractivity contribution in [1.82, 2.24) is 9.80 Å². The summed E-state index contributed by atoms with van der Waals surface area (Å²) in [5.74, 6) is 1.63. The molecule has 0 spiro atoms. The molecule has 5 rings (SSSR count). The fourth-order valence-corrected chi connectivity index (χ4v) is 6.93. The molecule has 0 radical (unpaired) electrons. The van der Waals surface area contributed by atoms with E-state index in [0.29, 0.717) is 28.3 Å². The quantitative estimate of drug-likeness (QED) is 0.447. The summed E-state index contributed by atoms with van der Waals surface area (Å²) in [6, 6.07) is 13.7. The van der Waals surface area contributed by atoms with Gasteiger partial charge in [0.2, 0.25) is 5.91 Å². The SMILES string of the molecule is CN(C)C(=O)c1ccc(N2CCC(C3CCN(C(=O)C4(c5ccc(Cl)cc5)CCC4)CC3)CC2)cc1Cl. The first kappa shape index (κ1) is 26.4. The predicted molar refractivity (Wildman–Crippen MR) is 151 cm³/mol. The third kappa shape index (κ3) is 5.22. The van der Waals surface area contributed by atoms with Crippen molar-refractivity contribution in [3.05, 3.63) is 63.6 Å². The van der Waals surface area contributed by atoms with Crippen LogP contribution < -0.4 is 4.90 Å². The fraction of sp³-hybridized carbons (Fsp3) is 0.533. The highest BCUT2D eigenvalue weighted by atomic mass is 35.5. The largest absolute Gasteiger partial charge is 0.371 e. The molecule has 2 aliphatic heterocycles. The molecule has 3 fully saturated rings. The highest BCUT2D eigenvalue weighted by molar-refractivity contribution is 6.34. The Kier molecular flexibility index (Phi) is 7.74. The van der Waals surface area contributed by atoms with Crippen molar-refractivity contribution < 1.29 is 9.59 Å². The van der Waals surface area contributed by atoms with E-state index in [-0.39, 0.29) is 11.3 Å². The lowest BCUT2D eigenvalue weighted by atomic mass is 9.63. The molecule has 198 valence electrons. The first-order valence-corrected chi connectivity index (χ1v) is 14.4. The Morgan fingerprint density at radius 1 is 0.865 bits per heavy atom. The lowest BCUT2D eigenvalue weighted by Gasteiger charge is -2.47. The number of hydrogen-bond acceptors (Lipinski definition) is 3. The number of piperidine rings is 2. The summed E-state index contributed by atoms with van der Waals surface area (Å²) in [4.78, 5) is 32.0. The van der Waals surface area contributed by atoms with Crippen molar-refractivity contribution in [3.63, 3.8) is 0 Å². The van der Waals surface area contributed by atoms with Gasteiger partial charge in [-0.2, -0.15) is 0 Å². The Balaban J connectivity index is 1.14. The fourth-order valence-electron chi connectivity index (χ4n) is 6.55. The van der Waals surface area contributed by atoms with Gasteiger partial charge in [-0.1, -0.05) is 41.8 Å². The molecule has 5 nitrogen and oxygen atoms in total. The number of carbonyl (C=O) groups is 2. The Labute approximate surface area is 230 Å². The van der Waals surface area contributed by atoms with E-state index in [0.717, 1.165) is 87.4 Å². The topological polar surface area (TPSA) is 43.9 Å². The predicted octanol–water partition coefficient (Wildman–Crippen LogP) is 6.27. The number of halogens is 2. The van der Waals surface area contributed by atoms with E-state index in [1.165, 1.54) is 0 Å². The second kappa shape index (κ2) is 10.9. The Bertz CT molecular complexity index is 1130. The van der Waals surface area contributed by atoms with Crippen molar-refractivity contribution in [2.45, 2.75) is 50.4 Å². The summed E-state index contributed by atoms with van der Waals surface area (Å²) in [5.41, 5.74) is 2.43. The van der Waals surface area contributed by atoms with E-state index < -0.39 is 0 Å². The molecular formula is C30H37Cl2N3O2. The Morgan fingerprint density at radius 2 is 1.46 bits per heavy atom. The summed E-state index contributed by atoms with van der Waals surface area (Å²) in [5, 5.41) is 1.23. The van der Waals surface area contributed by atoms with Crippen LogP contribution in [0.2, 0.25) is 10.0 Å². The highest BCUT2D eigenvalue weighted by Crippen LogP contribution is 2.46. The van der Waals surface area contributed by atoms with Gasteiger partial charge in [0.1, 0.15) is 0 Å². The molecular weight excluding hydrogens is 505 g/mol. The van der Waals surface area contributed by atoms with Crippen LogP contribution in [0, 0.1) is 11.8 Å². The van der Waals surface area contributed by atoms with Crippen LogP contribution in [-0.4, -0.2) is 61.9 Å². The summed E-state index contributed by atoms with van der Waals surface area (Å²) in [6.45, 7) is 3.74. The Morgan fingerprint density at radius 3 is 1.97 bits per heavy atom. The smallest absolute Gasteiger partial charge is 0.254 e. The molecule has 0 unspecified atom stereocenters. The molecule has 2 aromatic rings. The number of likely N-dealkylation sites (tertiary alicyclic amines) is 1. The first-order valence-electron chi connectivity index (χ1n) is 13.6. The number of rotatable bonds is 5. The number of carbonyl (C=O) groups excluding carboxylic acids is 2. The standard InChI is InChI=1S/C30H37Cl2N3O2/c1-33(2)28(36)26-9-8-25(20-27(26)32)34-16-10-21(11-17-34)22-12-18-35(19-13-22)29(37)30(14-3-15-30)23-4-6-24(31)7-5-23/h4-9,20-22H,3,10-19H2,1-2H3. The molecule has 1 aliphatic carbocycles. The maximum absolute atomic E-state index is 13.7. The molecule has 7 heteroatoms. The number of anilines is 1. The number of nitrogens with zero attached hydrogens (tertiary/aromatic N) is 3. The second-order valence-electron chi connectivity index (χ2n) is 11.3. The zero-order valence-corrected chi connectivity index (χ0v) is 23.4. The normalized spacial score (nSPS) is 20.4. The van der Waals surface area contributed by atoms with E-state index >= 15 is 0 Å². The van der Waals surface area contributed by atoms with Gasteiger partial charge in [-0.15, -0.1) is 0 Å². The third-order valence-electron chi connectivity index (χ3n) is 9.00. The minimum Gasteiger partial charge on any atom is -0.371 e. The van der Waals surface area contributed by atoms with E-state index in [1.54, 1.807) is 19.0 Å². The number of benzene rings is 2. The molecule has 2 saturated heterocycles. The summed E-state index contributed by atoms with van der Waals surface area (Å²) < 4.78 is 0. The van der Waals surface area contributed by atoms with E-state index in [1.807, 2.05) is 42.5 Å². The average Bonchev–Trinajstić information content (AvgIpc) is 2.89. The van der Waals surface area contributed by atoms with Crippen LogP contribution in [0.4, 0.5) is 5.69 Å². The number of hydrogen-bond donors (Lipinski definition) is 0. The van der Waals surface area contributed by atoms with Crippen molar-refractivity contribution in [2.24, 2.45) is 11.8 Å². The minimum atomic E-state index is -0.337. The van der Waals surface area contributed by atoms with Gasteiger partial charge in [-0.05, 0) is 86.3 Å². The molecule has 2 aromatic carbocycles. The minimum absolute atomic E-state index is 0.0727. The molecule has 1 saturated carbocycles. The summed E-state index contributed by atoms with van der Waals surface area (Å²) >= 11 is 12.6. The lowest BCUT2D eigenvalue weighted by molar-refractivity contribution is -0.142.